The van der Waals surface area contributed by atoms with Crippen LogP contribution in [0.5, 0.6) is 0 Å². The molecule has 0 aliphatic rings. The molecule has 0 saturated carbocycles. The van der Waals surface area contributed by atoms with Crippen LogP contribution in [0.1, 0.15) is 26.7 Å². The highest BCUT2D eigenvalue weighted by atomic mass is 16.5. The van der Waals surface area contributed by atoms with Gasteiger partial charge in [0, 0.05) is 0 Å². The van der Waals surface area contributed by atoms with E-state index in [4.69, 9.17) is 10.5 Å². The molecule has 0 aromatic carbocycles. The summed E-state index contributed by atoms with van der Waals surface area (Å²) in [6.07, 6.45) is 2.36. The van der Waals surface area contributed by atoms with Crippen LogP contribution in [0.25, 0.3) is 0 Å². The second-order valence-electron chi connectivity index (χ2n) is 1.92. The molecule has 59 valence electrons. The highest BCUT2D eigenvalue weighted by Gasteiger charge is 2.08. The van der Waals surface area contributed by atoms with Crippen molar-refractivity contribution in [3.8, 4) is 0 Å². The molecule has 0 aromatic rings. The number of hydrogen-bond donors (Lipinski definition) is 1. The van der Waals surface area contributed by atoms with Gasteiger partial charge in [0.25, 0.3) is 0 Å². The molecule has 0 amide bonds. The molecule has 10 heavy (non-hydrogen) atoms. The zero-order valence-corrected chi connectivity index (χ0v) is 6.52. The van der Waals surface area contributed by atoms with Crippen molar-refractivity contribution >= 4 is 5.97 Å². The molecular weight excluding hydrogens is 130 g/mol. The van der Waals surface area contributed by atoms with Gasteiger partial charge in [-0.05, 0) is 12.8 Å². The number of hydrogen-bond acceptors (Lipinski definition) is 3. The Labute approximate surface area is 61.5 Å². The smallest absolute Gasteiger partial charge is 0.320 e. The third kappa shape index (κ3) is 3.45. The van der Waals surface area contributed by atoms with E-state index in [-0.39, 0.29) is 12.5 Å². The lowest BCUT2D eigenvalue weighted by Gasteiger charge is -2.10. The van der Waals surface area contributed by atoms with Gasteiger partial charge in [0.1, 0.15) is 0 Å². The van der Waals surface area contributed by atoms with Gasteiger partial charge in [0.05, 0.1) is 6.54 Å². The Morgan fingerprint density at radius 1 is 1.40 bits per heavy atom. The molecule has 0 bridgehead atoms. The predicted octanol–water partition coefficient (Wildman–Crippen LogP) is 0.840. The van der Waals surface area contributed by atoms with E-state index in [9.17, 15) is 4.79 Å². The molecule has 0 unspecified atom stereocenters. The van der Waals surface area contributed by atoms with E-state index in [1.54, 1.807) is 0 Å². The van der Waals surface area contributed by atoms with Crippen molar-refractivity contribution in [3.05, 3.63) is 6.10 Å². The molecule has 3 heteroatoms. The molecule has 0 heterocycles. The van der Waals surface area contributed by atoms with E-state index in [2.05, 4.69) is 0 Å². The first-order chi connectivity index (χ1) is 4.74. The Morgan fingerprint density at radius 3 is 2.20 bits per heavy atom. The van der Waals surface area contributed by atoms with Crippen LogP contribution in [-0.4, -0.2) is 12.5 Å². The first-order valence-electron chi connectivity index (χ1n) is 3.50. The number of rotatable bonds is 4. The Kier molecular flexibility index (Phi) is 4.94. The third-order valence-corrected chi connectivity index (χ3v) is 1.21. The lowest BCUT2D eigenvalue weighted by Crippen LogP contribution is -2.18. The normalized spacial score (nSPS) is 10.0. The molecule has 0 atom stereocenters. The summed E-state index contributed by atoms with van der Waals surface area (Å²) in [7, 11) is 0. The SMILES string of the molecule is CC[C](CC)OC(=O)CN. The Balaban J connectivity index is 3.52. The van der Waals surface area contributed by atoms with Crippen LogP contribution in [0.2, 0.25) is 0 Å². The van der Waals surface area contributed by atoms with Gasteiger partial charge in [-0.1, -0.05) is 13.8 Å². The zero-order valence-electron chi connectivity index (χ0n) is 6.52. The average Bonchev–Trinajstić information content (AvgIpc) is 1.99. The van der Waals surface area contributed by atoms with Crippen molar-refractivity contribution in [3.63, 3.8) is 0 Å². The molecule has 0 aliphatic carbocycles. The number of ether oxygens (including phenoxy) is 1. The Morgan fingerprint density at radius 2 is 1.90 bits per heavy atom. The number of carbonyl (C=O) groups excluding carboxylic acids is 1. The molecule has 2 N–H and O–H groups in total. The van der Waals surface area contributed by atoms with Crippen molar-refractivity contribution in [2.45, 2.75) is 26.7 Å². The predicted molar refractivity (Wildman–Crippen MR) is 39.0 cm³/mol. The fraction of sp³-hybridized carbons (Fsp3) is 0.714. The first kappa shape index (κ1) is 9.43. The summed E-state index contributed by atoms with van der Waals surface area (Å²) in [6.45, 7) is 3.86. The van der Waals surface area contributed by atoms with Crippen molar-refractivity contribution in [2.75, 3.05) is 6.54 Å². The quantitative estimate of drug-likeness (QED) is 0.595. The average molecular weight is 144 g/mol. The lowest BCUT2D eigenvalue weighted by atomic mass is 10.2. The molecule has 1 radical (unpaired) electrons. The van der Waals surface area contributed by atoms with Crippen LogP contribution in [0.4, 0.5) is 0 Å². The molecule has 0 aliphatic heterocycles. The van der Waals surface area contributed by atoms with Gasteiger partial charge in [-0.15, -0.1) is 0 Å². The lowest BCUT2D eigenvalue weighted by molar-refractivity contribution is -0.141. The van der Waals surface area contributed by atoms with Crippen LogP contribution in [0, 0.1) is 6.10 Å². The summed E-state index contributed by atoms with van der Waals surface area (Å²) in [5.41, 5.74) is 5.04. The van der Waals surface area contributed by atoms with Gasteiger partial charge in [-0.2, -0.15) is 0 Å². The van der Waals surface area contributed by atoms with Crippen LogP contribution >= 0.6 is 0 Å². The molecule has 0 aromatic heterocycles. The van der Waals surface area contributed by atoms with Crippen molar-refractivity contribution in [1.82, 2.24) is 0 Å². The van der Waals surface area contributed by atoms with Gasteiger partial charge < -0.3 is 10.5 Å². The fourth-order valence-electron chi connectivity index (χ4n) is 0.597. The van der Waals surface area contributed by atoms with Crippen LogP contribution in [0.3, 0.4) is 0 Å². The van der Waals surface area contributed by atoms with E-state index in [1.807, 2.05) is 13.8 Å². The van der Waals surface area contributed by atoms with Gasteiger partial charge in [-0.25, -0.2) is 0 Å². The summed E-state index contributed by atoms with van der Waals surface area (Å²) >= 11 is 0. The van der Waals surface area contributed by atoms with Crippen molar-refractivity contribution in [1.29, 1.82) is 0 Å². The number of carbonyl (C=O) groups is 1. The second-order valence-corrected chi connectivity index (χ2v) is 1.92. The summed E-state index contributed by atoms with van der Waals surface area (Å²) in [5.74, 6) is -0.348. The summed E-state index contributed by atoms with van der Waals surface area (Å²) in [4.78, 5) is 10.6. The van der Waals surface area contributed by atoms with E-state index >= 15 is 0 Å². The Hall–Kier alpha value is -0.570. The second kappa shape index (κ2) is 5.23. The van der Waals surface area contributed by atoms with Gasteiger partial charge in [0.15, 0.2) is 6.10 Å². The molecule has 0 rings (SSSR count). The van der Waals surface area contributed by atoms with E-state index < -0.39 is 0 Å². The molecule has 0 fully saturated rings. The van der Waals surface area contributed by atoms with Crippen LogP contribution in [0.15, 0.2) is 0 Å². The topological polar surface area (TPSA) is 52.3 Å². The summed E-state index contributed by atoms with van der Waals surface area (Å²) in [6, 6.07) is 0. The summed E-state index contributed by atoms with van der Waals surface area (Å²) < 4.78 is 4.85. The minimum Gasteiger partial charge on any atom is -0.454 e. The largest absolute Gasteiger partial charge is 0.454 e. The monoisotopic (exact) mass is 144 g/mol. The summed E-state index contributed by atoms with van der Waals surface area (Å²) in [5, 5.41) is 0. The van der Waals surface area contributed by atoms with Gasteiger partial charge >= 0.3 is 5.97 Å². The minimum absolute atomic E-state index is 0.0382. The number of esters is 1. The maximum atomic E-state index is 10.6. The van der Waals surface area contributed by atoms with Gasteiger partial charge in [-0.3, -0.25) is 4.79 Å². The molecule has 3 nitrogen and oxygen atoms in total. The minimum atomic E-state index is -0.348. The maximum absolute atomic E-state index is 10.6. The van der Waals surface area contributed by atoms with Crippen molar-refractivity contribution < 1.29 is 9.53 Å². The highest BCUT2D eigenvalue weighted by molar-refractivity contribution is 5.72. The van der Waals surface area contributed by atoms with Crippen LogP contribution < -0.4 is 5.73 Å². The van der Waals surface area contributed by atoms with Gasteiger partial charge in [0.2, 0.25) is 0 Å². The fourth-order valence-corrected chi connectivity index (χ4v) is 0.597. The van der Waals surface area contributed by atoms with E-state index in [0.29, 0.717) is 0 Å². The van der Waals surface area contributed by atoms with E-state index in [1.165, 1.54) is 0 Å². The first-order valence-corrected chi connectivity index (χ1v) is 3.50. The number of nitrogens with two attached hydrogens (primary N) is 1. The molecule has 0 spiro atoms. The van der Waals surface area contributed by atoms with Crippen molar-refractivity contribution in [2.24, 2.45) is 5.73 Å². The van der Waals surface area contributed by atoms with E-state index in [0.717, 1.165) is 18.9 Å². The Bertz CT molecular complexity index is 99.8. The molecular formula is C7H14NO2. The third-order valence-electron chi connectivity index (χ3n) is 1.21. The molecule has 0 saturated heterocycles. The highest BCUT2D eigenvalue weighted by Crippen LogP contribution is 2.11. The standard InChI is InChI=1S/C7H14NO2/c1-3-6(4-2)10-7(9)5-8/h3-5,8H2,1-2H3. The zero-order chi connectivity index (χ0) is 7.98. The maximum Gasteiger partial charge on any atom is 0.320 e. The van der Waals surface area contributed by atoms with Crippen LogP contribution in [-0.2, 0) is 9.53 Å².